The summed E-state index contributed by atoms with van der Waals surface area (Å²) in [5.74, 6) is 2.10. The third kappa shape index (κ3) is 14.7. The van der Waals surface area contributed by atoms with E-state index in [0.29, 0.717) is 11.9 Å². The van der Waals surface area contributed by atoms with Crippen molar-refractivity contribution in [1.82, 2.24) is 48.6 Å². The van der Waals surface area contributed by atoms with Crippen molar-refractivity contribution in [2.45, 2.75) is 13.1 Å². The summed E-state index contributed by atoms with van der Waals surface area (Å²) in [5.41, 5.74) is 31.6. The van der Waals surface area contributed by atoms with Gasteiger partial charge >= 0.3 is 0 Å². The van der Waals surface area contributed by atoms with Gasteiger partial charge in [0.15, 0.2) is 7.14 Å². The lowest BCUT2D eigenvalue weighted by atomic mass is 9.98. The Bertz CT molecular complexity index is 9730. The van der Waals surface area contributed by atoms with Gasteiger partial charge in [-0.15, -0.1) is 0 Å². The van der Waals surface area contributed by atoms with E-state index in [9.17, 15) is 4.57 Å². The minimum absolute atomic E-state index is 0.625. The molecule has 0 radical (unpaired) electrons. The number of aromatic nitrogens is 10. The molecule has 0 saturated carbocycles. The number of para-hydroxylation sites is 3. The highest BCUT2D eigenvalue weighted by Crippen LogP contribution is 2.54. The Labute approximate surface area is 837 Å². The molecular formula is C131H87N10O2PSi. The van der Waals surface area contributed by atoms with E-state index in [-0.39, 0.29) is 0 Å². The SMILES string of the molecule is C[Si]1(C)c2ccccc2-c2cc(-c3ccc4c(c3)c3ccccc3n4-c3nc(-c4ccccc4)cc(-c4ccccc4)n3)ccc21.O=P1(c2ccccc2)c2ccccc2-c2cc(-c3ccc4c(c3)c3ccccc3n4-c3nc(-c4ccccc4)cc(-c4ccccc4)n3)ccc21.c1ccc(-c2cc(-c3ccccc3)nc(-n3c4ccc(-c5ccc6oc7ccccc7c6c5)cc4c4c5cnccc5cnc43)c2)cc1. The van der Waals surface area contributed by atoms with Crippen molar-refractivity contribution in [3.63, 3.8) is 0 Å². The van der Waals surface area contributed by atoms with Crippen LogP contribution in [0, 0.1) is 0 Å². The molecule has 0 spiro atoms. The molecule has 0 aliphatic carbocycles. The summed E-state index contributed by atoms with van der Waals surface area (Å²) < 4.78 is 27.7. The highest BCUT2D eigenvalue weighted by atomic mass is 31.2. The molecule has 18 aromatic carbocycles. The van der Waals surface area contributed by atoms with Gasteiger partial charge in [0.25, 0.3) is 0 Å². The summed E-state index contributed by atoms with van der Waals surface area (Å²) in [6.45, 7) is 4.94. The molecule has 1 unspecified atom stereocenters. The van der Waals surface area contributed by atoms with Crippen molar-refractivity contribution in [2.24, 2.45) is 0 Å². The van der Waals surface area contributed by atoms with Gasteiger partial charge < -0.3 is 8.98 Å². The summed E-state index contributed by atoms with van der Waals surface area (Å²) >= 11 is 0. The van der Waals surface area contributed by atoms with Crippen molar-refractivity contribution < 1.29 is 8.98 Å². The van der Waals surface area contributed by atoms with Crippen LogP contribution in [0.1, 0.15) is 0 Å². The lowest BCUT2D eigenvalue weighted by Crippen LogP contribution is -2.49. The van der Waals surface area contributed by atoms with Gasteiger partial charge in [0, 0.05) is 116 Å². The minimum Gasteiger partial charge on any atom is -0.456 e. The predicted molar refractivity (Wildman–Crippen MR) is 601 cm³/mol. The second-order valence-electron chi connectivity index (χ2n) is 37.8. The normalized spacial score (nSPS) is 13.3. The van der Waals surface area contributed by atoms with Gasteiger partial charge in [-0.05, 0) is 192 Å². The third-order valence-electron chi connectivity index (χ3n) is 29.0. The highest BCUT2D eigenvalue weighted by Gasteiger charge is 2.41. The minimum atomic E-state index is -2.99. The topological polar surface area (TPSA) is 135 Å². The predicted octanol–water partition coefficient (Wildman–Crippen LogP) is 30.6. The first-order valence-corrected chi connectivity index (χ1v) is 53.7. The molecule has 14 heteroatoms. The van der Waals surface area contributed by atoms with Crippen LogP contribution in [-0.2, 0) is 4.57 Å². The van der Waals surface area contributed by atoms with Crippen LogP contribution in [0.15, 0.2) is 496 Å². The quantitative estimate of drug-likeness (QED) is 0.0816. The molecule has 0 saturated heterocycles. The lowest BCUT2D eigenvalue weighted by molar-refractivity contribution is 0.593. The van der Waals surface area contributed by atoms with Gasteiger partial charge in [-0.2, -0.15) is 0 Å². The second-order valence-corrected chi connectivity index (χ2v) is 44.8. The molecular weight excluding hydrogens is 1800 g/mol. The fraction of sp³-hybridized carbons (Fsp3) is 0.0153. The van der Waals surface area contributed by atoms with Crippen molar-refractivity contribution >= 4 is 140 Å². The second kappa shape index (κ2) is 35.1. The van der Waals surface area contributed by atoms with Crippen LogP contribution >= 0.6 is 7.14 Å². The molecule has 0 N–H and O–H groups in total. The fourth-order valence-corrected chi connectivity index (χ4v) is 28.1. The Hall–Kier alpha value is -18.5. The molecule has 2 aliphatic rings. The Balaban J connectivity index is 0.000000108. The number of fused-ring (bicyclic) bond motifs is 20. The van der Waals surface area contributed by atoms with E-state index in [1.54, 1.807) is 0 Å². The van der Waals surface area contributed by atoms with E-state index in [1.807, 2.05) is 146 Å². The van der Waals surface area contributed by atoms with Gasteiger partial charge in [-0.1, -0.05) is 371 Å². The van der Waals surface area contributed by atoms with Crippen molar-refractivity contribution in [1.29, 1.82) is 0 Å². The maximum atomic E-state index is 15.0. The van der Waals surface area contributed by atoms with Gasteiger partial charge in [-0.25, -0.2) is 29.9 Å². The Morgan fingerprint density at radius 1 is 0.255 bits per heavy atom. The summed E-state index contributed by atoms with van der Waals surface area (Å²) in [4.78, 5) is 35.6. The van der Waals surface area contributed by atoms with Gasteiger partial charge in [0.2, 0.25) is 11.9 Å². The highest BCUT2D eigenvalue weighted by molar-refractivity contribution is 7.86. The maximum Gasteiger partial charge on any atom is 0.235 e. The van der Waals surface area contributed by atoms with Crippen LogP contribution in [0.25, 0.3) is 239 Å². The molecule has 1 atom stereocenters. The number of hydrogen-bond acceptors (Lipinski definition) is 9. The third-order valence-corrected chi connectivity index (χ3v) is 35.7. The van der Waals surface area contributed by atoms with E-state index in [4.69, 9.17) is 34.3 Å². The smallest absolute Gasteiger partial charge is 0.235 e. The number of hydrogen-bond donors (Lipinski definition) is 0. The average molecular weight is 1890 g/mol. The van der Waals surface area contributed by atoms with Crippen LogP contribution in [-0.4, -0.2) is 56.7 Å². The monoisotopic (exact) mass is 1890 g/mol. The van der Waals surface area contributed by atoms with E-state index in [1.165, 1.54) is 43.4 Å². The number of pyridine rings is 3. The van der Waals surface area contributed by atoms with Crippen molar-refractivity contribution in [3.05, 3.63) is 492 Å². The standard InChI is InChI=1S/C46H30N3OP.C43H26N4O.C42H31N3Si/c50-51(35-18-8-3-9-19-35)44-23-13-11-21-37(44)39-29-34(25-27-45(39)51)33-24-26-43-38(28-33)36-20-10-12-22-42(36)49(43)46-47-40(31-14-4-1-5-15-31)30-41(48-46)32-16-6-2-7-17-32;1-3-9-27(10-4-1)32-23-37(28-11-5-2-6-12-28)46-41(24-32)47-38-17-15-29(22-35(38)42-36-26-44-20-19-31(36)25-45-43(42)47)30-16-18-40-34(21-30)33-13-7-8-14-39(33)48-40;1-46(2)40-20-12-10-18-33(40)35-26-31(22-24-41(35)46)30-21-23-39-34(25-30)32-17-9-11-19-38(32)45(39)42-43-36(28-13-5-3-6-14-28)27-37(44-42)29-15-7-4-8-16-29/h1-30H;1-26H;3-27H,1-2H3. The Morgan fingerprint density at radius 2 is 0.655 bits per heavy atom. The first-order chi connectivity index (χ1) is 71.5. The average Bonchev–Trinajstić information content (AvgIpc) is 1.56. The molecule has 11 heterocycles. The summed E-state index contributed by atoms with van der Waals surface area (Å²) in [6.07, 6.45) is 5.71. The molecule has 0 fully saturated rings. The lowest BCUT2D eigenvalue weighted by Gasteiger charge is -2.18. The van der Waals surface area contributed by atoms with Gasteiger partial charge in [0.1, 0.15) is 30.7 Å². The molecule has 2 aliphatic heterocycles. The van der Waals surface area contributed by atoms with Crippen LogP contribution in [0.3, 0.4) is 0 Å². The molecule has 9 aromatic heterocycles. The van der Waals surface area contributed by atoms with Gasteiger partial charge in [0.05, 0.1) is 56.1 Å². The fourth-order valence-electron chi connectivity index (χ4n) is 22.0. The van der Waals surface area contributed by atoms with E-state index < -0.39 is 15.2 Å². The summed E-state index contributed by atoms with van der Waals surface area (Å²) in [7, 11) is -4.68. The van der Waals surface area contributed by atoms with E-state index >= 15 is 0 Å². The number of furan rings is 1. The first kappa shape index (κ1) is 85.7. The molecule has 145 heavy (non-hydrogen) atoms. The maximum absolute atomic E-state index is 15.0. The Kier molecular flexibility index (Phi) is 20.7. The van der Waals surface area contributed by atoms with Crippen LogP contribution in [0.2, 0.25) is 13.1 Å². The van der Waals surface area contributed by atoms with Crippen LogP contribution < -0.4 is 26.3 Å². The van der Waals surface area contributed by atoms with Gasteiger partial charge in [-0.3, -0.25) is 18.7 Å². The first-order valence-electron chi connectivity index (χ1n) is 49.0. The molecule has 0 bridgehead atoms. The number of benzene rings is 18. The van der Waals surface area contributed by atoms with Crippen molar-refractivity contribution in [3.8, 4) is 141 Å². The molecule has 12 nitrogen and oxygen atoms in total. The molecule has 27 aromatic rings. The van der Waals surface area contributed by atoms with Crippen molar-refractivity contribution in [2.75, 3.05) is 0 Å². The largest absolute Gasteiger partial charge is 0.456 e. The zero-order chi connectivity index (χ0) is 96.4. The molecule has 682 valence electrons. The summed E-state index contributed by atoms with van der Waals surface area (Å²) in [6, 6.07) is 165. The zero-order valence-electron chi connectivity index (χ0n) is 79.0. The zero-order valence-corrected chi connectivity index (χ0v) is 80.9. The molecule has 29 rings (SSSR count). The molecule has 0 amide bonds. The summed E-state index contributed by atoms with van der Waals surface area (Å²) in [5, 5.41) is 16.9. The van der Waals surface area contributed by atoms with E-state index in [0.717, 1.165) is 210 Å². The Morgan fingerprint density at radius 3 is 1.21 bits per heavy atom. The van der Waals surface area contributed by atoms with Crippen LogP contribution in [0.4, 0.5) is 0 Å². The van der Waals surface area contributed by atoms with Crippen LogP contribution in [0.5, 0.6) is 0 Å². The van der Waals surface area contributed by atoms with E-state index in [2.05, 4.69) is 378 Å². The number of rotatable bonds is 13. The number of nitrogens with zero attached hydrogens (tertiary/aromatic N) is 10.